The number of carbonyl (C=O) groups excluding carboxylic acids is 2. The molecule has 0 heterocycles. The molecule has 1 amide bonds. The Morgan fingerprint density at radius 1 is 0.931 bits per heavy atom. The largest absolute Gasteiger partial charge is 0.497 e. The number of ether oxygens (including phenoxy) is 1. The van der Waals surface area contributed by atoms with Crippen molar-refractivity contribution in [2.45, 2.75) is 6.54 Å². The second-order valence-electron chi connectivity index (χ2n) is 6.95. The van der Waals surface area contributed by atoms with Crippen LogP contribution in [0.4, 0.5) is 5.69 Å². The molecule has 0 radical (unpaired) electrons. The van der Waals surface area contributed by atoms with Crippen molar-refractivity contribution >= 4 is 17.4 Å². The highest BCUT2D eigenvalue weighted by molar-refractivity contribution is 6.13. The quantitative estimate of drug-likeness (QED) is 0.582. The van der Waals surface area contributed by atoms with E-state index in [0.717, 1.165) is 16.2 Å². The van der Waals surface area contributed by atoms with Gasteiger partial charge in [0.05, 0.1) is 19.8 Å². The molecule has 0 aromatic heterocycles. The van der Waals surface area contributed by atoms with E-state index in [1.807, 2.05) is 55.6 Å². The van der Waals surface area contributed by atoms with Gasteiger partial charge in [0, 0.05) is 16.7 Å². The Bertz CT molecular complexity index is 986. The van der Waals surface area contributed by atoms with Crippen molar-refractivity contribution in [2.24, 2.45) is 0 Å². The Balaban J connectivity index is 1.65. The molecule has 0 spiro atoms. The molecule has 0 saturated carbocycles. The van der Waals surface area contributed by atoms with Gasteiger partial charge >= 0.3 is 0 Å². The maximum atomic E-state index is 12.8. The molecule has 5 nitrogen and oxygen atoms in total. The van der Waals surface area contributed by atoms with E-state index in [0.29, 0.717) is 23.4 Å². The number of benzene rings is 3. The number of hydrogen-bond donors (Lipinski definition) is 2. The van der Waals surface area contributed by atoms with E-state index in [4.69, 9.17) is 4.74 Å². The Hall–Kier alpha value is -3.44. The van der Waals surface area contributed by atoms with Crippen LogP contribution >= 0.6 is 0 Å². The van der Waals surface area contributed by atoms with E-state index in [9.17, 15) is 9.59 Å². The summed E-state index contributed by atoms with van der Waals surface area (Å²) < 4.78 is 5.25. The van der Waals surface area contributed by atoms with Gasteiger partial charge in [-0.2, -0.15) is 0 Å². The summed E-state index contributed by atoms with van der Waals surface area (Å²) in [5.74, 6) is 0.547. The number of para-hydroxylation sites is 1. The smallest absolute Gasteiger partial charge is 0.279 e. The van der Waals surface area contributed by atoms with Crippen LogP contribution < -0.4 is 15.0 Å². The summed E-state index contributed by atoms with van der Waals surface area (Å²) in [7, 11) is 3.59. The summed E-state index contributed by atoms with van der Waals surface area (Å²) in [6.07, 6.45) is 0. The average Bonchev–Trinajstić information content (AvgIpc) is 2.74. The summed E-state index contributed by atoms with van der Waals surface area (Å²) >= 11 is 0. The molecule has 0 saturated heterocycles. The molecule has 29 heavy (non-hydrogen) atoms. The molecule has 3 rings (SSSR count). The van der Waals surface area contributed by atoms with Crippen LogP contribution in [0.3, 0.4) is 0 Å². The second-order valence-corrected chi connectivity index (χ2v) is 6.95. The number of likely N-dealkylation sites (N-methyl/N-ethyl adjacent to an activating group) is 1. The lowest BCUT2D eigenvalue weighted by Gasteiger charge is -2.15. The summed E-state index contributed by atoms with van der Waals surface area (Å²) in [5.41, 5.74) is 2.70. The normalized spacial score (nSPS) is 11.5. The fourth-order valence-corrected chi connectivity index (χ4v) is 3.20. The number of anilines is 1. The third-order valence-corrected chi connectivity index (χ3v) is 4.58. The number of quaternary nitrogens is 1. The van der Waals surface area contributed by atoms with Crippen molar-refractivity contribution < 1.29 is 19.2 Å². The predicted octanol–water partition coefficient (Wildman–Crippen LogP) is 2.58. The highest BCUT2D eigenvalue weighted by atomic mass is 16.5. The first kappa shape index (κ1) is 20.3. The SMILES string of the molecule is COc1cccc(C[NH+](C)CC(=O)Nc2ccccc2C(=O)c2ccccc2)c1. The number of methoxy groups -OCH3 is 1. The molecule has 3 aromatic rings. The van der Waals surface area contributed by atoms with Gasteiger partial charge in [0.1, 0.15) is 12.3 Å². The van der Waals surface area contributed by atoms with Crippen molar-refractivity contribution in [3.8, 4) is 5.75 Å². The predicted molar refractivity (Wildman–Crippen MR) is 113 cm³/mol. The first-order chi connectivity index (χ1) is 14.1. The summed E-state index contributed by atoms with van der Waals surface area (Å²) in [6.45, 7) is 0.973. The number of hydrogen-bond acceptors (Lipinski definition) is 3. The lowest BCUT2D eigenvalue weighted by Crippen LogP contribution is -3.08. The molecule has 0 bridgehead atoms. The zero-order valence-corrected chi connectivity index (χ0v) is 16.6. The molecule has 1 unspecified atom stereocenters. The van der Waals surface area contributed by atoms with Gasteiger partial charge in [-0.25, -0.2) is 0 Å². The topological polar surface area (TPSA) is 59.8 Å². The van der Waals surface area contributed by atoms with Gasteiger partial charge < -0.3 is 15.0 Å². The minimum absolute atomic E-state index is 0.112. The molecule has 2 N–H and O–H groups in total. The molecule has 5 heteroatoms. The number of rotatable bonds is 8. The Morgan fingerprint density at radius 3 is 2.41 bits per heavy atom. The van der Waals surface area contributed by atoms with Gasteiger partial charge in [0.2, 0.25) is 0 Å². The van der Waals surface area contributed by atoms with E-state index in [-0.39, 0.29) is 18.2 Å². The van der Waals surface area contributed by atoms with Gasteiger partial charge in [-0.05, 0) is 24.3 Å². The van der Waals surface area contributed by atoms with Crippen LogP contribution in [0, 0.1) is 0 Å². The molecule has 0 fully saturated rings. The first-order valence-electron chi connectivity index (χ1n) is 9.49. The highest BCUT2D eigenvalue weighted by Crippen LogP contribution is 2.19. The minimum Gasteiger partial charge on any atom is -0.497 e. The minimum atomic E-state index is -0.140. The van der Waals surface area contributed by atoms with E-state index < -0.39 is 0 Å². The lowest BCUT2D eigenvalue weighted by molar-refractivity contribution is -0.885. The highest BCUT2D eigenvalue weighted by Gasteiger charge is 2.17. The fourth-order valence-electron chi connectivity index (χ4n) is 3.20. The fraction of sp³-hybridized carbons (Fsp3) is 0.167. The standard InChI is InChI=1S/C24H24N2O3/c1-26(16-18-9-8-12-20(15-18)29-2)17-23(27)25-22-14-7-6-13-21(22)24(28)19-10-4-3-5-11-19/h3-15H,16-17H2,1-2H3,(H,25,27)/p+1. The van der Waals surface area contributed by atoms with Gasteiger partial charge in [-0.1, -0.05) is 54.6 Å². The van der Waals surface area contributed by atoms with E-state index in [1.165, 1.54) is 0 Å². The molecule has 148 valence electrons. The number of ketones is 1. The number of carbonyl (C=O) groups is 2. The van der Waals surface area contributed by atoms with Gasteiger partial charge in [0.15, 0.2) is 12.3 Å². The van der Waals surface area contributed by atoms with Crippen molar-refractivity contribution in [1.29, 1.82) is 0 Å². The molecular formula is C24H25N2O3+. The second kappa shape index (κ2) is 9.66. The van der Waals surface area contributed by atoms with Crippen LogP contribution in [0.5, 0.6) is 5.75 Å². The summed E-state index contributed by atoms with van der Waals surface area (Å²) in [4.78, 5) is 26.4. The molecule has 0 aliphatic rings. The van der Waals surface area contributed by atoms with Crippen molar-refractivity contribution in [2.75, 3.05) is 26.0 Å². The van der Waals surface area contributed by atoms with Crippen molar-refractivity contribution in [1.82, 2.24) is 0 Å². The zero-order valence-electron chi connectivity index (χ0n) is 16.6. The van der Waals surface area contributed by atoms with Gasteiger partial charge in [-0.3, -0.25) is 9.59 Å². The van der Waals surface area contributed by atoms with Crippen molar-refractivity contribution in [3.05, 3.63) is 95.6 Å². The number of amides is 1. The van der Waals surface area contributed by atoms with Crippen LogP contribution in [0.15, 0.2) is 78.9 Å². The van der Waals surface area contributed by atoms with Gasteiger partial charge in [0.25, 0.3) is 5.91 Å². The maximum absolute atomic E-state index is 12.8. The Kier molecular flexibility index (Phi) is 6.76. The van der Waals surface area contributed by atoms with Crippen LogP contribution in [0.25, 0.3) is 0 Å². The lowest BCUT2D eigenvalue weighted by atomic mass is 10.0. The zero-order chi connectivity index (χ0) is 20.6. The number of nitrogens with one attached hydrogen (secondary N) is 2. The van der Waals surface area contributed by atoms with E-state index in [2.05, 4.69) is 5.32 Å². The van der Waals surface area contributed by atoms with Crippen LogP contribution in [-0.4, -0.2) is 32.4 Å². The van der Waals surface area contributed by atoms with Crippen LogP contribution in [0.2, 0.25) is 0 Å². The summed E-state index contributed by atoms with van der Waals surface area (Å²) in [6, 6.07) is 24.0. The molecule has 3 aromatic carbocycles. The van der Waals surface area contributed by atoms with E-state index >= 15 is 0 Å². The van der Waals surface area contributed by atoms with Crippen LogP contribution in [0.1, 0.15) is 21.5 Å². The molecule has 1 atom stereocenters. The first-order valence-corrected chi connectivity index (χ1v) is 9.49. The summed E-state index contributed by atoms with van der Waals surface area (Å²) in [5, 5.41) is 2.90. The third kappa shape index (κ3) is 5.53. The van der Waals surface area contributed by atoms with Crippen molar-refractivity contribution in [3.63, 3.8) is 0 Å². The Morgan fingerprint density at radius 2 is 1.66 bits per heavy atom. The van der Waals surface area contributed by atoms with Crippen LogP contribution in [-0.2, 0) is 11.3 Å². The monoisotopic (exact) mass is 389 g/mol. The average molecular weight is 389 g/mol. The molecule has 0 aliphatic carbocycles. The third-order valence-electron chi connectivity index (χ3n) is 4.58. The molecule has 0 aliphatic heterocycles. The maximum Gasteiger partial charge on any atom is 0.279 e. The van der Waals surface area contributed by atoms with Gasteiger partial charge in [-0.15, -0.1) is 0 Å². The molecular weight excluding hydrogens is 364 g/mol. The van der Waals surface area contributed by atoms with E-state index in [1.54, 1.807) is 37.4 Å². The Labute approximate surface area is 170 Å².